The molecule has 4 rings (SSSR count). The smallest absolute Gasteiger partial charge is 0.319 e. The van der Waals surface area contributed by atoms with E-state index in [0.717, 1.165) is 41.9 Å². The molecule has 2 amide bonds. The Bertz CT molecular complexity index is 872. The van der Waals surface area contributed by atoms with Crippen LogP contribution in [0.1, 0.15) is 24.4 Å². The second kappa shape index (κ2) is 7.30. The van der Waals surface area contributed by atoms with Crippen molar-refractivity contribution < 1.29 is 4.79 Å². The van der Waals surface area contributed by atoms with Crippen LogP contribution in [0.3, 0.4) is 0 Å². The van der Waals surface area contributed by atoms with Crippen LogP contribution in [-0.4, -0.2) is 37.8 Å². The summed E-state index contributed by atoms with van der Waals surface area (Å²) in [7, 11) is 0. The Balaban J connectivity index is 1.31. The van der Waals surface area contributed by atoms with E-state index in [1.807, 2.05) is 41.1 Å². The van der Waals surface area contributed by atoms with Gasteiger partial charge in [-0.2, -0.15) is 0 Å². The van der Waals surface area contributed by atoms with Crippen LogP contribution in [-0.2, 0) is 6.42 Å². The first kappa shape index (κ1) is 16.2. The Labute approximate surface area is 150 Å². The number of urea groups is 1. The van der Waals surface area contributed by atoms with Crippen molar-refractivity contribution in [1.82, 2.24) is 30.5 Å². The Morgan fingerprint density at radius 2 is 1.88 bits per heavy atom. The zero-order valence-corrected chi connectivity index (χ0v) is 14.2. The fourth-order valence-corrected chi connectivity index (χ4v) is 2.70. The molecule has 1 aliphatic carbocycles. The first-order valence-corrected chi connectivity index (χ1v) is 8.61. The van der Waals surface area contributed by atoms with Crippen LogP contribution >= 0.6 is 0 Å². The number of amides is 2. The summed E-state index contributed by atoms with van der Waals surface area (Å²) in [5, 5.41) is 17.6. The second-order valence-corrected chi connectivity index (χ2v) is 6.24. The maximum absolute atomic E-state index is 12.0. The Kier molecular flexibility index (Phi) is 4.55. The van der Waals surface area contributed by atoms with Gasteiger partial charge in [0.1, 0.15) is 0 Å². The quantitative estimate of drug-likeness (QED) is 0.712. The summed E-state index contributed by atoms with van der Waals surface area (Å²) in [6, 6.07) is 11.6. The van der Waals surface area contributed by atoms with Crippen LogP contribution in [0.4, 0.5) is 10.5 Å². The lowest BCUT2D eigenvalue weighted by molar-refractivity contribution is 0.252. The first-order chi connectivity index (χ1) is 12.8. The van der Waals surface area contributed by atoms with Gasteiger partial charge in [-0.25, -0.2) is 9.48 Å². The van der Waals surface area contributed by atoms with E-state index in [1.54, 1.807) is 12.4 Å². The van der Waals surface area contributed by atoms with Crippen LogP contribution in [0, 0.1) is 0 Å². The van der Waals surface area contributed by atoms with Gasteiger partial charge in [-0.15, -0.1) is 5.10 Å². The topological polar surface area (TPSA) is 97.6 Å². The highest BCUT2D eigenvalue weighted by Gasteiger charge is 2.28. The van der Waals surface area contributed by atoms with Gasteiger partial charge in [0, 0.05) is 30.2 Å². The van der Waals surface area contributed by atoms with Crippen LogP contribution in [0.15, 0.2) is 48.8 Å². The number of hydrogen-bond acceptors (Lipinski definition) is 5. The average molecular weight is 349 g/mol. The molecule has 0 spiro atoms. The molecule has 2 aromatic heterocycles. The minimum Gasteiger partial charge on any atom is -0.338 e. The number of rotatable bonds is 6. The number of carbonyl (C=O) groups excluding carboxylic acids is 1. The van der Waals surface area contributed by atoms with Gasteiger partial charge in [-0.1, -0.05) is 0 Å². The average Bonchev–Trinajstić information content (AvgIpc) is 3.40. The molecule has 8 heteroatoms. The van der Waals surface area contributed by atoms with Gasteiger partial charge in [-0.3, -0.25) is 4.98 Å². The molecule has 3 aromatic rings. The summed E-state index contributed by atoms with van der Waals surface area (Å²) < 4.78 is 1.87. The van der Waals surface area contributed by atoms with E-state index in [4.69, 9.17) is 0 Å². The summed E-state index contributed by atoms with van der Waals surface area (Å²) >= 11 is 0. The maximum atomic E-state index is 12.0. The Morgan fingerprint density at radius 1 is 1.12 bits per heavy atom. The summed E-state index contributed by atoms with van der Waals surface area (Å²) in [4.78, 5) is 16.0. The molecule has 1 aliphatic rings. The van der Waals surface area contributed by atoms with E-state index in [0.29, 0.717) is 12.6 Å². The normalized spacial score (nSPS) is 13.4. The maximum Gasteiger partial charge on any atom is 0.319 e. The van der Waals surface area contributed by atoms with E-state index in [9.17, 15) is 4.79 Å². The van der Waals surface area contributed by atoms with Gasteiger partial charge < -0.3 is 10.6 Å². The van der Waals surface area contributed by atoms with Gasteiger partial charge in [0.2, 0.25) is 0 Å². The molecule has 0 bridgehead atoms. The molecule has 2 heterocycles. The monoisotopic (exact) mass is 349 g/mol. The molecule has 0 saturated heterocycles. The van der Waals surface area contributed by atoms with Crippen molar-refractivity contribution in [2.75, 3.05) is 11.9 Å². The molecule has 26 heavy (non-hydrogen) atoms. The number of anilines is 1. The fourth-order valence-electron chi connectivity index (χ4n) is 2.70. The van der Waals surface area contributed by atoms with Crippen LogP contribution in [0.2, 0.25) is 0 Å². The van der Waals surface area contributed by atoms with Crippen molar-refractivity contribution in [3.8, 4) is 11.4 Å². The van der Waals surface area contributed by atoms with E-state index in [-0.39, 0.29) is 6.03 Å². The third-order valence-corrected chi connectivity index (χ3v) is 4.24. The van der Waals surface area contributed by atoms with Crippen LogP contribution in [0.5, 0.6) is 0 Å². The third kappa shape index (κ3) is 3.85. The second-order valence-electron chi connectivity index (χ2n) is 6.24. The molecule has 0 aliphatic heterocycles. The molecule has 0 unspecified atom stereocenters. The highest BCUT2D eigenvalue weighted by molar-refractivity contribution is 5.89. The van der Waals surface area contributed by atoms with Crippen molar-refractivity contribution in [2.45, 2.75) is 25.3 Å². The molecule has 8 nitrogen and oxygen atoms in total. The van der Waals surface area contributed by atoms with Crippen molar-refractivity contribution in [1.29, 1.82) is 0 Å². The molecule has 2 N–H and O–H groups in total. The molecule has 1 fully saturated rings. The number of hydrogen-bond donors (Lipinski definition) is 2. The van der Waals surface area contributed by atoms with Crippen LogP contribution in [0.25, 0.3) is 11.4 Å². The highest BCUT2D eigenvalue weighted by atomic mass is 16.2. The highest BCUT2D eigenvalue weighted by Crippen LogP contribution is 2.36. The molecule has 132 valence electrons. The summed E-state index contributed by atoms with van der Waals surface area (Å²) in [6.07, 6.45) is 6.50. The van der Waals surface area contributed by atoms with E-state index < -0.39 is 0 Å². The van der Waals surface area contributed by atoms with Gasteiger partial charge in [0.25, 0.3) is 0 Å². The number of aromatic nitrogens is 5. The SMILES string of the molecule is O=C(NCCc1ccncc1)Nc1ccc(-c2nnnn2C2CC2)cc1. The van der Waals surface area contributed by atoms with E-state index in [2.05, 4.69) is 31.1 Å². The minimum atomic E-state index is -0.227. The Morgan fingerprint density at radius 3 is 2.62 bits per heavy atom. The first-order valence-electron chi connectivity index (χ1n) is 8.61. The van der Waals surface area contributed by atoms with Gasteiger partial charge in [-0.05, 0) is 71.7 Å². The number of pyridine rings is 1. The fraction of sp³-hybridized carbons (Fsp3) is 0.278. The summed E-state index contributed by atoms with van der Waals surface area (Å²) in [6.45, 7) is 0.560. The molecular weight excluding hydrogens is 330 g/mol. The van der Waals surface area contributed by atoms with E-state index >= 15 is 0 Å². The lowest BCUT2D eigenvalue weighted by atomic mass is 10.2. The van der Waals surface area contributed by atoms with Gasteiger partial charge >= 0.3 is 6.03 Å². The number of tetrazole rings is 1. The van der Waals surface area contributed by atoms with Crippen molar-refractivity contribution >= 4 is 11.7 Å². The number of nitrogens with zero attached hydrogens (tertiary/aromatic N) is 5. The lowest BCUT2D eigenvalue weighted by Crippen LogP contribution is -2.30. The van der Waals surface area contributed by atoms with Crippen molar-refractivity contribution in [2.24, 2.45) is 0 Å². The number of benzene rings is 1. The predicted octanol–water partition coefficient (Wildman–Crippen LogP) is 2.43. The van der Waals surface area contributed by atoms with Crippen molar-refractivity contribution in [3.05, 3.63) is 54.4 Å². The molecular formula is C18H19N7O. The zero-order chi connectivity index (χ0) is 17.8. The predicted molar refractivity (Wildman–Crippen MR) is 96.5 cm³/mol. The molecule has 0 atom stereocenters. The zero-order valence-electron chi connectivity index (χ0n) is 14.2. The molecule has 1 aromatic carbocycles. The van der Waals surface area contributed by atoms with Gasteiger partial charge in [0.05, 0.1) is 6.04 Å². The minimum absolute atomic E-state index is 0.227. The largest absolute Gasteiger partial charge is 0.338 e. The summed E-state index contributed by atoms with van der Waals surface area (Å²) in [5.41, 5.74) is 2.80. The molecule has 1 saturated carbocycles. The lowest BCUT2D eigenvalue weighted by Gasteiger charge is -2.08. The van der Waals surface area contributed by atoms with E-state index in [1.165, 1.54) is 0 Å². The third-order valence-electron chi connectivity index (χ3n) is 4.24. The standard InChI is InChI=1S/C18H19N7O/c26-18(20-12-9-13-7-10-19-11-8-13)21-15-3-1-14(2-4-15)17-22-23-24-25(17)16-5-6-16/h1-4,7-8,10-11,16H,5-6,9,12H2,(H2,20,21,26). The number of nitrogens with one attached hydrogen (secondary N) is 2. The van der Waals surface area contributed by atoms with Crippen LogP contribution < -0.4 is 10.6 Å². The summed E-state index contributed by atoms with van der Waals surface area (Å²) in [5.74, 6) is 0.765. The molecule has 0 radical (unpaired) electrons. The number of carbonyl (C=O) groups is 1. The Hall–Kier alpha value is -3.29. The van der Waals surface area contributed by atoms with Gasteiger partial charge in [0.15, 0.2) is 5.82 Å². The van der Waals surface area contributed by atoms with Crippen molar-refractivity contribution in [3.63, 3.8) is 0 Å².